The van der Waals surface area contributed by atoms with Crippen molar-refractivity contribution in [3.63, 3.8) is 0 Å². The number of amides is 1. The van der Waals surface area contributed by atoms with Gasteiger partial charge in [0, 0.05) is 5.56 Å². The third-order valence-electron chi connectivity index (χ3n) is 4.24. The Hall–Kier alpha value is -3.52. The van der Waals surface area contributed by atoms with Crippen LogP contribution in [0.1, 0.15) is 27.6 Å². The fourth-order valence-corrected chi connectivity index (χ4v) is 2.88. The standard InChI is InChI=1S/C22H15ClF3NO4/c23-16-11-10-14(22(24,25)26)12-17(16)27-20(29)19(13-6-2-1-3-7-13)31-21(30)15-8-4-5-9-18(15)28/h1-12,19,28H,(H,27,29). The molecule has 0 aliphatic rings. The molecule has 0 aliphatic heterocycles. The van der Waals surface area contributed by atoms with Crippen LogP contribution in [0.15, 0.2) is 72.8 Å². The number of esters is 1. The molecule has 0 bridgehead atoms. The molecule has 0 fully saturated rings. The van der Waals surface area contributed by atoms with E-state index in [1.54, 1.807) is 18.2 Å². The monoisotopic (exact) mass is 449 g/mol. The van der Waals surface area contributed by atoms with Gasteiger partial charge in [-0.15, -0.1) is 0 Å². The van der Waals surface area contributed by atoms with Crippen LogP contribution in [-0.4, -0.2) is 17.0 Å². The molecule has 1 unspecified atom stereocenters. The van der Waals surface area contributed by atoms with E-state index in [9.17, 15) is 27.9 Å². The summed E-state index contributed by atoms with van der Waals surface area (Å²) in [5.41, 5.74) is -1.20. The average molecular weight is 450 g/mol. The molecular weight excluding hydrogens is 435 g/mol. The Morgan fingerprint density at radius 3 is 2.26 bits per heavy atom. The lowest BCUT2D eigenvalue weighted by molar-refractivity contribution is -0.137. The minimum Gasteiger partial charge on any atom is -0.507 e. The van der Waals surface area contributed by atoms with Gasteiger partial charge in [-0.2, -0.15) is 13.2 Å². The normalized spacial score (nSPS) is 12.1. The number of nitrogens with one attached hydrogen (secondary N) is 1. The van der Waals surface area contributed by atoms with Gasteiger partial charge in [-0.1, -0.05) is 54.1 Å². The van der Waals surface area contributed by atoms with Crippen LogP contribution < -0.4 is 5.32 Å². The fourth-order valence-electron chi connectivity index (χ4n) is 2.71. The van der Waals surface area contributed by atoms with Crippen LogP contribution in [0.2, 0.25) is 5.02 Å². The topological polar surface area (TPSA) is 75.6 Å². The van der Waals surface area contributed by atoms with E-state index in [0.29, 0.717) is 6.07 Å². The van der Waals surface area contributed by atoms with Crippen LogP contribution >= 0.6 is 11.6 Å². The molecule has 0 spiro atoms. The number of alkyl halides is 3. The maximum absolute atomic E-state index is 13.0. The lowest BCUT2D eigenvalue weighted by Crippen LogP contribution is -2.26. The highest BCUT2D eigenvalue weighted by atomic mass is 35.5. The van der Waals surface area contributed by atoms with Gasteiger partial charge in [0.15, 0.2) is 0 Å². The first kappa shape index (κ1) is 22.2. The van der Waals surface area contributed by atoms with Gasteiger partial charge in [-0.05, 0) is 30.3 Å². The Kier molecular flexibility index (Phi) is 6.50. The first-order valence-electron chi connectivity index (χ1n) is 8.88. The summed E-state index contributed by atoms with van der Waals surface area (Å²) in [4.78, 5) is 25.4. The number of phenols is 1. The molecule has 0 heterocycles. The van der Waals surface area contributed by atoms with Gasteiger partial charge in [0.1, 0.15) is 11.3 Å². The predicted molar refractivity (Wildman–Crippen MR) is 108 cm³/mol. The molecule has 2 N–H and O–H groups in total. The van der Waals surface area contributed by atoms with E-state index in [0.717, 1.165) is 12.1 Å². The van der Waals surface area contributed by atoms with Gasteiger partial charge < -0.3 is 15.2 Å². The van der Waals surface area contributed by atoms with Crippen molar-refractivity contribution in [1.82, 2.24) is 0 Å². The van der Waals surface area contributed by atoms with Gasteiger partial charge in [-0.25, -0.2) is 4.79 Å². The van der Waals surface area contributed by atoms with E-state index in [-0.39, 0.29) is 27.6 Å². The minimum atomic E-state index is -4.64. The minimum absolute atomic E-state index is 0.125. The first-order chi connectivity index (χ1) is 14.7. The number of aromatic hydroxyl groups is 1. The molecule has 3 rings (SSSR count). The van der Waals surface area contributed by atoms with Crippen LogP contribution in [0.4, 0.5) is 18.9 Å². The zero-order valence-corrected chi connectivity index (χ0v) is 16.4. The lowest BCUT2D eigenvalue weighted by Gasteiger charge is -2.19. The van der Waals surface area contributed by atoms with Crippen molar-refractivity contribution < 1.29 is 32.6 Å². The summed E-state index contributed by atoms with van der Waals surface area (Å²) in [6.45, 7) is 0. The summed E-state index contributed by atoms with van der Waals surface area (Å²) in [6.07, 6.45) is -6.15. The molecule has 0 saturated heterocycles. The Labute approximate surface area is 180 Å². The fraction of sp³-hybridized carbons (Fsp3) is 0.0909. The molecule has 0 aromatic heterocycles. The van der Waals surface area contributed by atoms with Crippen LogP contribution in [0, 0.1) is 0 Å². The van der Waals surface area contributed by atoms with Crippen molar-refractivity contribution in [2.75, 3.05) is 5.32 Å². The largest absolute Gasteiger partial charge is 0.507 e. The smallest absolute Gasteiger partial charge is 0.416 e. The SMILES string of the molecule is O=C(OC(C(=O)Nc1cc(C(F)(F)F)ccc1Cl)c1ccccc1)c1ccccc1O. The van der Waals surface area contributed by atoms with E-state index >= 15 is 0 Å². The highest BCUT2D eigenvalue weighted by Gasteiger charge is 2.32. The summed E-state index contributed by atoms with van der Waals surface area (Å²) in [5.74, 6) is -2.26. The molecule has 1 amide bonds. The zero-order valence-electron chi connectivity index (χ0n) is 15.7. The molecule has 1 atom stereocenters. The number of para-hydroxylation sites is 1. The van der Waals surface area contributed by atoms with Crippen molar-refractivity contribution in [1.29, 1.82) is 0 Å². The second-order valence-corrected chi connectivity index (χ2v) is 6.80. The number of halogens is 4. The third-order valence-corrected chi connectivity index (χ3v) is 4.57. The number of phenolic OH excluding ortho intramolecular Hbond substituents is 1. The van der Waals surface area contributed by atoms with Gasteiger partial charge >= 0.3 is 12.1 Å². The first-order valence-corrected chi connectivity index (χ1v) is 9.26. The highest BCUT2D eigenvalue weighted by Crippen LogP contribution is 2.34. The number of hydrogen-bond donors (Lipinski definition) is 2. The molecule has 160 valence electrons. The molecule has 3 aromatic carbocycles. The summed E-state index contributed by atoms with van der Waals surface area (Å²) in [6, 6.07) is 15.9. The molecule has 0 radical (unpaired) electrons. The van der Waals surface area contributed by atoms with E-state index in [2.05, 4.69) is 5.32 Å². The van der Waals surface area contributed by atoms with Crippen molar-refractivity contribution in [2.24, 2.45) is 0 Å². The summed E-state index contributed by atoms with van der Waals surface area (Å²) in [5, 5.41) is 12.0. The van der Waals surface area contributed by atoms with Crippen molar-refractivity contribution in [2.45, 2.75) is 12.3 Å². The number of anilines is 1. The molecule has 9 heteroatoms. The molecule has 31 heavy (non-hydrogen) atoms. The number of carbonyl (C=O) groups excluding carboxylic acids is 2. The van der Waals surface area contributed by atoms with Gasteiger partial charge in [-0.3, -0.25) is 4.79 Å². The Bertz CT molecular complexity index is 1100. The quantitative estimate of drug-likeness (QED) is 0.497. The van der Waals surface area contributed by atoms with E-state index in [1.807, 2.05) is 0 Å². The Morgan fingerprint density at radius 1 is 0.968 bits per heavy atom. The molecule has 5 nitrogen and oxygen atoms in total. The number of rotatable bonds is 5. The van der Waals surface area contributed by atoms with E-state index in [4.69, 9.17) is 16.3 Å². The van der Waals surface area contributed by atoms with Crippen LogP contribution in [0.5, 0.6) is 5.75 Å². The van der Waals surface area contributed by atoms with Gasteiger partial charge in [0.25, 0.3) is 5.91 Å². The van der Waals surface area contributed by atoms with E-state index in [1.165, 1.54) is 36.4 Å². The molecule has 3 aromatic rings. The second-order valence-electron chi connectivity index (χ2n) is 6.39. The zero-order chi connectivity index (χ0) is 22.6. The summed E-state index contributed by atoms with van der Waals surface area (Å²) >= 11 is 5.94. The number of benzene rings is 3. The predicted octanol–water partition coefficient (Wildman–Crippen LogP) is 5.60. The van der Waals surface area contributed by atoms with Crippen molar-refractivity contribution >= 4 is 29.2 Å². The molecule has 0 aliphatic carbocycles. The number of ether oxygens (including phenoxy) is 1. The summed E-state index contributed by atoms with van der Waals surface area (Å²) in [7, 11) is 0. The lowest BCUT2D eigenvalue weighted by atomic mass is 10.1. The Morgan fingerprint density at radius 2 is 1.61 bits per heavy atom. The van der Waals surface area contributed by atoms with Gasteiger partial charge in [0.05, 0.1) is 16.3 Å². The highest BCUT2D eigenvalue weighted by molar-refractivity contribution is 6.33. The van der Waals surface area contributed by atoms with Crippen LogP contribution in [-0.2, 0) is 15.7 Å². The third kappa shape index (κ3) is 5.35. The van der Waals surface area contributed by atoms with Crippen LogP contribution in [0.3, 0.4) is 0 Å². The maximum atomic E-state index is 13.0. The number of hydrogen-bond acceptors (Lipinski definition) is 4. The van der Waals surface area contributed by atoms with Gasteiger partial charge in [0.2, 0.25) is 6.10 Å². The molecule has 0 saturated carbocycles. The maximum Gasteiger partial charge on any atom is 0.416 e. The van der Waals surface area contributed by atoms with Crippen LogP contribution in [0.25, 0.3) is 0 Å². The Balaban J connectivity index is 1.91. The van der Waals surface area contributed by atoms with Crippen molar-refractivity contribution in [3.8, 4) is 5.75 Å². The number of carbonyl (C=O) groups is 2. The average Bonchev–Trinajstić information content (AvgIpc) is 2.73. The molecular formula is C22H15ClF3NO4. The summed E-state index contributed by atoms with van der Waals surface area (Å²) < 4.78 is 44.3. The van der Waals surface area contributed by atoms with E-state index < -0.39 is 29.7 Å². The van der Waals surface area contributed by atoms with Crippen molar-refractivity contribution in [3.05, 3.63) is 94.5 Å². The second kappa shape index (κ2) is 9.09.